The van der Waals surface area contributed by atoms with Crippen molar-refractivity contribution in [3.63, 3.8) is 0 Å². The average Bonchev–Trinajstić information content (AvgIpc) is 2.67. The summed E-state index contributed by atoms with van der Waals surface area (Å²) in [6.07, 6.45) is 2.63. The summed E-state index contributed by atoms with van der Waals surface area (Å²) in [7, 11) is 0. The van der Waals surface area contributed by atoms with Crippen molar-refractivity contribution in [3.8, 4) is 6.07 Å². The van der Waals surface area contributed by atoms with E-state index in [0.717, 1.165) is 12.1 Å². The quantitative estimate of drug-likeness (QED) is 0.757. The standard InChI is InChI=1S/C14H18N2/c1-11-8-13(9-15)5-6-14(11)10-16-7-3-4-12(16)2/h5-6,8,12H,3-4,7,10H2,1-2H3. The molecule has 1 heterocycles. The molecule has 1 aliphatic heterocycles. The van der Waals surface area contributed by atoms with Gasteiger partial charge in [0.25, 0.3) is 0 Å². The predicted octanol–water partition coefficient (Wildman–Crippen LogP) is 2.85. The van der Waals surface area contributed by atoms with Gasteiger partial charge in [-0.1, -0.05) is 6.07 Å². The minimum atomic E-state index is 0.704. The Bertz CT molecular complexity index is 417. The fourth-order valence-electron chi connectivity index (χ4n) is 2.39. The van der Waals surface area contributed by atoms with E-state index in [1.165, 1.54) is 30.5 Å². The smallest absolute Gasteiger partial charge is 0.0991 e. The van der Waals surface area contributed by atoms with Crippen molar-refractivity contribution in [2.75, 3.05) is 6.54 Å². The van der Waals surface area contributed by atoms with Gasteiger partial charge in [0.2, 0.25) is 0 Å². The molecule has 1 aromatic carbocycles. The second-order valence-electron chi connectivity index (χ2n) is 4.71. The third-order valence-electron chi connectivity index (χ3n) is 3.54. The lowest BCUT2D eigenvalue weighted by molar-refractivity contribution is 0.260. The zero-order chi connectivity index (χ0) is 11.5. The number of hydrogen-bond donors (Lipinski definition) is 0. The summed E-state index contributed by atoms with van der Waals surface area (Å²) in [5.41, 5.74) is 3.35. The van der Waals surface area contributed by atoms with E-state index in [1.807, 2.05) is 12.1 Å². The van der Waals surface area contributed by atoms with Gasteiger partial charge < -0.3 is 0 Å². The van der Waals surface area contributed by atoms with Crippen LogP contribution in [0.1, 0.15) is 36.5 Å². The van der Waals surface area contributed by atoms with Crippen LogP contribution in [0.3, 0.4) is 0 Å². The minimum absolute atomic E-state index is 0.704. The van der Waals surface area contributed by atoms with Crippen LogP contribution in [0.5, 0.6) is 0 Å². The summed E-state index contributed by atoms with van der Waals surface area (Å²) >= 11 is 0. The molecule has 0 aliphatic carbocycles. The summed E-state index contributed by atoms with van der Waals surface area (Å²) < 4.78 is 0. The van der Waals surface area contributed by atoms with E-state index in [-0.39, 0.29) is 0 Å². The van der Waals surface area contributed by atoms with Crippen molar-refractivity contribution in [2.24, 2.45) is 0 Å². The van der Waals surface area contributed by atoms with E-state index in [0.29, 0.717) is 6.04 Å². The molecular formula is C14H18N2. The second-order valence-corrected chi connectivity index (χ2v) is 4.71. The molecular weight excluding hydrogens is 196 g/mol. The first-order chi connectivity index (χ1) is 7.70. The molecule has 1 aliphatic rings. The Balaban J connectivity index is 2.13. The second kappa shape index (κ2) is 4.67. The van der Waals surface area contributed by atoms with E-state index < -0.39 is 0 Å². The lowest BCUT2D eigenvalue weighted by Crippen LogP contribution is -2.26. The molecule has 1 fully saturated rings. The number of benzene rings is 1. The molecule has 2 rings (SSSR count). The van der Waals surface area contributed by atoms with E-state index in [9.17, 15) is 0 Å². The molecule has 0 bridgehead atoms. The van der Waals surface area contributed by atoms with Gasteiger partial charge in [-0.3, -0.25) is 4.90 Å². The van der Waals surface area contributed by atoms with E-state index in [4.69, 9.17) is 5.26 Å². The minimum Gasteiger partial charge on any atom is -0.296 e. The fourth-order valence-corrected chi connectivity index (χ4v) is 2.39. The molecule has 16 heavy (non-hydrogen) atoms. The lowest BCUT2D eigenvalue weighted by atomic mass is 10.0. The topological polar surface area (TPSA) is 27.0 Å². The molecule has 0 spiro atoms. The van der Waals surface area contributed by atoms with E-state index in [2.05, 4.69) is 30.9 Å². The van der Waals surface area contributed by atoms with Crippen molar-refractivity contribution in [3.05, 3.63) is 34.9 Å². The largest absolute Gasteiger partial charge is 0.296 e. The van der Waals surface area contributed by atoms with Gasteiger partial charge >= 0.3 is 0 Å². The molecule has 1 saturated heterocycles. The van der Waals surface area contributed by atoms with Gasteiger partial charge in [-0.25, -0.2) is 0 Å². The molecule has 84 valence electrons. The average molecular weight is 214 g/mol. The monoisotopic (exact) mass is 214 g/mol. The van der Waals surface area contributed by atoms with Crippen LogP contribution < -0.4 is 0 Å². The van der Waals surface area contributed by atoms with Gasteiger partial charge in [-0.2, -0.15) is 5.26 Å². The highest BCUT2D eigenvalue weighted by Gasteiger charge is 2.20. The first-order valence-electron chi connectivity index (χ1n) is 5.94. The van der Waals surface area contributed by atoms with Crippen molar-refractivity contribution in [1.82, 2.24) is 4.90 Å². The highest BCUT2D eigenvalue weighted by Crippen LogP contribution is 2.21. The van der Waals surface area contributed by atoms with Crippen LogP contribution >= 0.6 is 0 Å². The van der Waals surface area contributed by atoms with Crippen LogP contribution in [0.2, 0.25) is 0 Å². The Morgan fingerprint density at radius 3 is 2.88 bits per heavy atom. The molecule has 0 saturated carbocycles. The summed E-state index contributed by atoms with van der Waals surface area (Å²) in [5, 5.41) is 8.82. The van der Waals surface area contributed by atoms with Crippen LogP contribution in [-0.2, 0) is 6.54 Å². The molecule has 1 unspecified atom stereocenters. The molecule has 0 N–H and O–H groups in total. The van der Waals surface area contributed by atoms with Crippen LogP contribution in [0.25, 0.3) is 0 Å². The van der Waals surface area contributed by atoms with Gasteiger partial charge in [0.15, 0.2) is 0 Å². The van der Waals surface area contributed by atoms with Gasteiger partial charge in [0.05, 0.1) is 11.6 Å². The third-order valence-corrected chi connectivity index (χ3v) is 3.54. The van der Waals surface area contributed by atoms with Crippen LogP contribution in [0.15, 0.2) is 18.2 Å². The maximum absolute atomic E-state index is 8.82. The number of nitriles is 1. The molecule has 1 aromatic rings. The van der Waals surface area contributed by atoms with Gasteiger partial charge in [0.1, 0.15) is 0 Å². The van der Waals surface area contributed by atoms with Gasteiger partial charge in [-0.15, -0.1) is 0 Å². The van der Waals surface area contributed by atoms with Gasteiger partial charge in [-0.05, 0) is 56.5 Å². The first kappa shape index (κ1) is 11.2. The van der Waals surface area contributed by atoms with Crippen LogP contribution in [0.4, 0.5) is 0 Å². The Labute approximate surface area is 97.5 Å². The molecule has 2 heteroatoms. The molecule has 1 atom stereocenters. The van der Waals surface area contributed by atoms with E-state index >= 15 is 0 Å². The summed E-state index contributed by atoms with van der Waals surface area (Å²) in [6.45, 7) is 6.63. The zero-order valence-corrected chi connectivity index (χ0v) is 10.0. The van der Waals surface area contributed by atoms with Gasteiger partial charge in [0, 0.05) is 12.6 Å². The van der Waals surface area contributed by atoms with Crippen molar-refractivity contribution < 1.29 is 0 Å². The first-order valence-corrected chi connectivity index (χ1v) is 5.94. The zero-order valence-electron chi connectivity index (χ0n) is 10.0. The maximum Gasteiger partial charge on any atom is 0.0991 e. The SMILES string of the molecule is Cc1cc(C#N)ccc1CN1CCCC1C. The lowest BCUT2D eigenvalue weighted by Gasteiger charge is -2.21. The van der Waals surface area contributed by atoms with Crippen LogP contribution in [-0.4, -0.2) is 17.5 Å². The molecule has 0 radical (unpaired) electrons. The summed E-state index contributed by atoms with van der Waals surface area (Å²) in [4.78, 5) is 2.52. The van der Waals surface area contributed by atoms with Crippen molar-refractivity contribution in [2.45, 2.75) is 39.3 Å². The predicted molar refractivity (Wildman–Crippen MR) is 65.0 cm³/mol. The number of hydrogen-bond acceptors (Lipinski definition) is 2. The third kappa shape index (κ3) is 2.25. The summed E-state index contributed by atoms with van der Waals surface area (Å²) in [6, 6.07) is 8.89. The Morgan fingerprint density at radius 2 is 2.31 bits per heavy atom. The number of likely N-dealkylation sites (tertiary alicyclic amines) is 1. The molecule has 0 aromatic heterocycles. The van der Waals surface area contributed by atoms with Crippen molar-refractivity contribution >= 4 is 0 Å². The molecule has 0 amide bonds. The number of aryl methyl sites for hydroxylation is 1. The normalized spacial score (nSPS) is 20.9. The highest BCUT2D eigenvalue weighted by atomic mass is 15.2. The van der Waals surface area contributed by atoms with E-state index in [1.54, 1.807) is 0 Å². The highest BCUT2D eigenvalue weighted by molar-refractivity contribution is 5.37. The summed E-state index contributed by atoms with van der Waals surface area (Å²) in [5.74, 6) is 0. The number of nitrogens with zero attached hydrogens (tertiary/aromatic N) is 2. The fraction of sp³-hybridized carbons (Fsp3) is 0.500. The van der Waals surface area contributed by atoms with Crippen molar-refractivity contribution in [1.29, 1.82) is 5.26 Å². The Kier molecular flexibility index (Phi) is 3.26. The Hall–Kier alpha value is -1.33. The number of rotatable bonds is 2. The molecule has 2 nitrogen and oxygen atoms in total. The Morgan fingerprint density at radius 1 is 1.50 bits per heavy atom. The van der Waals surface area contributed by atoms with Crippen LogP contribution in [0, 0.1) is 18.3 Å². The maximum atomic E-state index is 8.82.